The predicted octanol–water partition coefficient (Wildman–Crippen LogP) is 0.381. The van der Waals surface area contributed by atoms with Crippen LogP contribution in [-0.2, 0) is 16.1 Å². The van der Waals surface area contributed by atoms with E-state index >= 15 is 0 Å². The molecule has 0 spiro atoms. The van der Waals surface area contributed by atoms with Crippen LogP contribution < -0.4 is 5.32 Å². The lowest BCUT2D eigenvalue weighted by Crippen LogP contribution is -2.52. The van der Waals surface area contributed by atoms with Gasteiger partial charge in [0.25, 0.3) is 5.91 Å². The Morgan fingerprint density at radius 2 is 2.21 bits per heavy atom. The predicted molar refractivity (Wildman–Crippen MR) is 65.1 cm³/mol. The highest BCUT2D eigenvalue weighted by Gasteiger charge is 2.40. The fourth-order valence-corrected chi connectivity index (χ4v) is 3.33. The first-order valence-electron chi connectivity index (χ1n) is 5.77. The highest BCUT2D eigenvalue weighted by Crippen LogP contribution is 2.33. The molecule has 6 nitrogen and oxygen atoms in total. The van der Waals surface area contributed by atoms with E-state index in [0.717, 1.165) is 16.9 Å². The number of nitrogens with zero attached hydrogens (tertiary/aromatic N) is 2. The van der Waals surface area contributed by atoms with Gasteiger partial charge < -0.3 is 4.90 Å². The number of amides is 3. The van der Waals surface area contributed by atoms with E-state index in [0.29, 0.717) is 22.7 Å². The van der Waals surface area contributed by atoms with Crippen molar-refractivity contribution in [1.82, 2.24) is 10.2 Å². The Kier molecular flexibility index (Phi) is 2.61. The Bertz CT molecular complexity index is 643. The van der Waals surface area contributed by atoms with E-state index in [4.69, 9.17) is 5.26 Å². The molecule has 1 saturated heterocycles. The summed E-state index contributed by atoms with van der Waals surface area (Å²) in [5.41, 5.74) is 0.788. The second-order valence-electron chi connectivity index (χ2n) is 4.48. The van der Waals surface area contributed by atoms with E-state index in [9.17, 15) is 14.4 Å². The van der Waals surface area contributed by atoms with Crippen molar-refractivity contribution in [3.63, 3.8) is 0 Å². The standard InChI is InChI=1S/C12H9N3O3S/c13-4-7-3-6-5-15(12(18)10(6)19-7)8-1-2-9(16)14-11(8)17/h3,8H,1-2,5H2,(H,14,16,17). The largest absolute Gasteiger partial charge is 0.321 e. The number of nitrogens with one attached hydrogen (secondary N) is 1. The molecular weight excluding hydrogens is 266 g/mol. The number of nitriles is 1. The van der Waals surface area contributed by atoms with Gasteiger partial charge in [0.05, 0.1) is 4.88 Å². The number of carbonyl (C=O) groups excluding carboxylic acids is 3. The smallest absolute Gasteiger partial charge is 0.265 e. The third kappa shape index (κ3) is 1.81. The maximum Gasteiger partial charge on any atom is 0.265 e. The summed E-state index contributed by atoms with van der Waals surface area (Å²) in [7, 11) is 0. The molecule has 96 valence electrons. The molecule has 7 heteroatoms. The summed E-state index contributed by atoms with van der Waals surface area (Å²) < 4.78 is 0. The lowest BCUT2D eigenvalue weighted by Gasteiger charge is -2.29. The zero-order valence-corrected chi connectivity index (χ0v) is 10.6. The summed E-state index contributed by atoms with van der Waals surface area (Å²) in [6, 6.07) is 3.11. The minimum absolute atomic E-state index is 0.226. The summed E-state index contributed by atoms with van der Waals surface area (Å²) in [6.07, 6.45) is 0.605. The van der Waals surface area contributed by atoms with Crippen molar-refractivity contribution < 1.29 is 14.4 Å². The van der Waals surface area contributed by atoms with Crippen LogP contribution in [0.4, 0.5) is 0 Å². The minimum Gasteiger partial charge on any atom is -0.321 e. The van der Waals surface area contributed by atoms with Gasteiger partial charge in [0.1, 0.15) is 17.0 Å². The van der Waals surface area contributed by atoms with Crippen LogP contribution in [0.25, 0.3) is 0 Å². The van der Waals surface area contributed by atoms with Crippen molar-refractivity contribution in [1.29, 1.82) is 5.26 Å². The molecule has 0 bridgehead atoms. The summed E-state index contributed by atoms with van der Waals surface area (Å²) in [6.45, 7) is 0.332. The molecule has 3 rings (SSSR count). The average Bonchev–Trinajstić information content (AvgIpc) is 2.90. The number of rotatable bonds is 1. The Balaban J connectivity index is 1.84. The fourth-order valence-electron chi connectivity index (χ4n) is 2.40. The van der Waals surface area contributed by atoms with Gasteiger partial charge >= 0.3 is 0 Å². The Hall–Kier alpha value is -2.20. The molecule has 19 heavy (non-hydrogen) atoms. The van der Waals surface area contributed by atoms with Gasteiger partial charge in [0.15, 0.2) is 0 Å². The molecule has 0 aliphatic carbocycles. The van der Waals surface area contributed by atoms with E-state index in [1.165, 1.54) is 4.90 Å². The van der Waals surface area contributed by atoms with Crippen LogP contribution in [-0.4, -0.2) is 28.7 Å². The van der Waals surface area contributed by atoms with Crippen molar-refractivity contribution in [3.8, 4) is 6.07 Å². The van der Waals surface area contributed by atoms with Crippen LogP contribution in [0.5, 0.6) is 0 Å². The molecule has 1 aromatic heterocycles. The number of thiophene rings is 1. The second kappa shape index (κ2) is 4.17. The first-order valence-corrected chi connectivity index (χ1v) is 6.59. The molecule has 2 aliphatic heterocycles. The molecule has 0 radical (unpaired) electrons. The number of hydrogen-bond donors (Lipinski definition) is 1. The van der Waals surface area contributed by atoms with E-state index in [-0.39, 0.29) is 18.2 Å². The SMILES string of the molecule is N#Cc1cc2c(s1)C(=O)N(C1CCC(=O)NC1=O)C2. The van der Waals surface area contributed by atoms with Crippen molar-refractivity contribution in [3.05, 3.63) is 21.4 Å². The Morgan fingerprint density at radius 1 is 1.42 bits per heavy atom. The van der Waals surface area contributed by atoms with Crippen molar-refractivity contribution >= 4 is 29.1 Å². The van der Waals surface area contributed by atoms with Crippen LogP contribution >= 0.6 is 11.3 Å². The third-order valence-electron chi connectivity index (χ3n) is 3.30. The molecule has 1 atom stereocenters. The van der Waals surface area contributed by atoms with Gasteiger partial charge in [-0.1, -0.05) is 0 Å². The van der Waals surface area contributed by atoms with Gasteiger partial charge in [-0.05, 0) is 18.1 Å². The second-order valence-corrected chi connectivity index (χ2v) is 5.53. The van der Waals surface area contributed by atoms with Gasteiger partial charge in [0.2, 0.25) is 11.8 Å². The first-order chi connectivity index (χ1) is 9.10. The van der Waals surface area contributed by atoms with Gasteiger partial charge in [-0.3, -0.25) is 19.7 Å². The molecule has 1 fully saturated rings. The van der Waals surface area contributed by atoms with Crippen molar-refractivity contribution in [2.24, 2.45) is 0 Å². The lowest BCUT2D eigenvalue weighted by molar-refractivity contribution is -0.136. The van der Waals surface area contributed by atoms with Crippen LogP contribution in [0.3, 0.4) is 0 Å². The molecule has 2 aliphatic rings. The molecule has 3 heterocycles. The first kappa shape index (κ1) is 11.9. The number of piperidine rings is 1. The van der Waals surface area contributed by atoms with Gasteiger partial charge in [-0.25, -0.2) is 0 Å². The van der Waals surface area contributed by atoms with E-state index in [1.807, 2.05) is 6.07 Å². The highest BCUT2D eigenvalue weighted by atomic mass is 32.1. The molecule has 1 N–H and O–H groups in total. The molecular formula is C12H9N3O3S. The van der Waals surface area contributed by atoms with Gasteiger partial charge in [-0.2, -0.15) is 5.26 Å². The Morgan fingerprint density at radius 3 is 2.84 bits per heavy atom. The summed E-state index contributed by atoms with van der Waals surface area (Å²) in [4.78, 5) is 37.6. The molecule has 0 saturated carbocycles. The number of imide groups is 1. The van der Waals surface area contributed by atoms with Crippen LogP contribution in [0.15, 0.2) is 6.07 Å². The molecule has 3 amide bonds. The van der Waals surface area contributed by atoms with Gasteiger partial charge in [0, 0.05) is 13.0 Å². The number of hydrogen-bond acceptors (Lipinski definition) is 5. The van der Waals surface area contributed by atoms with Crippen LogP contribution in [0, 0.1) is 11.3 Å². The maximum absolute atomic E-state index is 12.2. The average molecular weight is 275 g/mol. The van der Waals surface area contributed by atoms with Gasteiger partial charge in [-0.15, -0.1) is 11.3 Å². The van der Waals surface area contributed by atoms with Crippen molar-refractivity contribution in [2.75, 3.05) is 0 Å². The summed E-state index contributed by atoms with van der Waals surface area (Å²) in [5, 5.41) is 11.0. The zero-order chi connectivity index (χ0) is 13.6. The summed E-state index contributed by atoms with van der Waals surface area (Å²) >= 11 is 1.15. The topological polar surface area (TPSA) is 90.3 Å². The third-order valence-corrected chi connectivity index (χ3v) is 4.37. The molecule has 1 aromatic rings. The number of carbonyl (C=O) groups is 3. The molecule has 1 unspecified atom stereocenters. The quantitative estimate of drug-likeness (QED) is 0.750. The normalized spacial score (nSPS) is 22.2. The zero-order valence-electron chi connectivity index (χ0n) is 9.80. The van der Waals surface area contributed by atoms with E-state index in [2.05, 4.69) is 5.32 Å². The van der Waals surface area contributed by atoms with E-state index in [1.54, 1.807) is 6.07 Å². The number of fused-ring (bicyclic) bond motifs is 1. The monoisotopic (exact) mass is 275 g/mol. The van der Waals surface area contributed by atoms with Crippen LogP contribution in [0.2, 0.25) is 0 Å². The van der Waals surface area contributed by atoms with E-state index < -0.39 is 11.9 Å². The minimum atomic E-state index is -0.588. The highest BCUT2D eigenvalue weighted by molar-refractivity contribution is 7.14. The fraction of sp³-hybridized carbons (Fsp3) is 0.333. The summed E-state index contributed by atoms with van der Waals surface area (Å²) in [5.74, 6) is -0.939. The van der Waals surface area contributed by atoms with Crippen molar-refractivity contribution in [2.45, 2.75) is 25.4 Å². The van der Waals surface area contributed by atoms with Crippen LogP contribution in [0.1, 0.15) is 33.0 Å². The Labute approximate surface area is 112 Å². The maximum atomic E-state index is 12.2. The molecule has 0 aromatic carbocycles. The lowest BCUT2D eigenvalue weighted by atomic mass is 10.0.